The summed E-state index contributed by atoms with van der Waals surface area (Å²) in [5.74, 6) is 0.777. The van der Waals surface area contributed by atoms with Gasteiger partial charge in [-0.1, -0.05) is 72.8 Å². The van der Waals surface area contributed by atoms with Crippen molar-refractivity contribution in [1.29, 1.82) is 0 Å². The van der Waals surface area contributed by atoms with Gasteiger partial charge in [-0.05, 0) is 30.2 Å². The lowest BCUT2D eigenvalue weighted by Gasteiger charge is -2.11. The Morgan fingerprint density at radius 1 is 1.14 bits per heavy atom. The lowest BCUT2D eigenvalue weighted by atomic mass is 10.2. The van der Waals surface area contributed by atoms with Gasteiger partial charge in [0.1, 0.15) is 0 Å². The third-order valence-electron chi connectivity index (χ3n) is 4.13. The first-order valence-electron chi connectivity index (χ1n) is 9.15. The highest BCUT2D eigenvalue weighted by Crippen LogP contribution is 2.24. The number of nitrogens with one attached hydrogen (secondary N) is 2. The molecule has 150 valence electrons. The summed E-state index contributed by atoms with van der Waals surface area (Å²) in [6, 6.07) is 17.4. The molecule has 1 heterocycles. The van der Waals surface area contributed by atoms with Crippen molar-refractivity contribution < 1.29 is 4.79 Å². The van der Waals surface area contributed by atoms with E-state index in [4.69, 9.17) is 11.6 Å². The Balaban J connectivity index is 1.55. The van der Waals surface area contributed by atoms with Gasteiger partial charge in [0.2, 0.25) is 5.91 Å². The molecule has 29 heavy (non-hydrogen) atoms. The van der Waals surface area contributed by atoms with Gasteiger partial charge in [-0.25, -0.2) is 0 Å². The van der Waals surface area contributed by atoms with Crippen molar-refractivity contribution in [3.05, 3.63) is 70.9 Å². The van der Waals surface area contributed by atoms with Crippen molar-refractivity contribution >= 4 is 35.3 Å². The van der Waals surface area contributed by atoms with E-state index in [1.54, 1.807) is 0 Å². The van der Waals surface area contributed by atoms with Crippen LogP contribution in [0.3, 0.4) is 0 Å². The molecule has 0 radical (unpaired) electrons. The highest BCUT2D eigenvalue weighted by Gasteiger charge is 2.13. The summed E-state index contributed by atoms with van der Waals surface area (Å²) in [5, 5.41) is 9.70. The molecule has 1 aromatic heterocycles. The van der Waals surface area contributed by atoms with Gasteiger partial charge in [0.25, 0.3) is 0 Å². The molecular formula is C21H22ClN5OS. The number of benzene rings is 2. The number of hydrogen-bond acceptors (Lipinski definition) is 5. The molecule has 0 atom stereocenters. The molecule has 0 unspecified atom stereocenters. The Bertz CT molecular complexity index is 1000. The van der Waals surface area contributed by atoms with Crippen molar-refractivity contribution in [2.45, 2.75) is 18.5 Å². The highest BCUT2D eigenvalue weighted by atomic mass is 35.5. The maximum absolute atomic E-state index is 12.2. The molecule has 0 bridgehead atoms. The van der Waals surface area contributed by atoms with Gasteiger partial charge >= 0.3 is 0 Å². The first-order valence-corrected chi connectivity index (χ1v) is 10.5. The smallest absolute Gasteiger partial charge is 0.248 e. The van der Waals surface area contributed by atoms with Crippen LogP contribution in [-0.2, 0) is 11.8 Å². The summed E-state index contributed by atoms with van der Waals surface area (Å²) in [5.41, 5.74) is 8.62. The van der Waals surface area contributed by atoms with E-state index in [2.05, 4.69) is 21.0 Å². The number of carbonyl (C=O) groups is 1. The molecule has 0 aliphatic rings. The summed E-state index contributed by atoms with van der Waals surface area (Å²) < 4.78 is 1.85. The molecule has 3 aromatic rings. The van der Waals surface area contributed by atoms with E-state index >= 15 is 0 Å². The van der Waals surface area contributed by atoms with Gasteiger partial charge in [0, 0.05) is 23.3 Å². The van der Waals surface area contributed by atoms with Crippen LogP contribution in [0.15, 0.2) is 65.5 Å². The second kappa shape index (κ2) is 10.1. The van der Waals surface area contributed by atoms with E-state index in [0.717, 1.165) is 23.2 Å². The third-order valence-corrected chi connectivity index (χ3v) is 5.39. The summed E-state index contributed by atoms with van der Waals surface area (Å²) >= 11 is 7.38. The number of nitrogens with zero attached hydrogens (tertiary/aromatic N) is 3. The molecule has 0 aliphatic heterocycles. The van der Waals surface area contributed by atoms with Crippen LogP contribution in [0.5, 0.6) is 0 Å². The van der Waals surface area contributed by atoms with Crippen molar-refractivity contribution in [3.8, 4) is 11.4 Å². The lowest BCUT2D eigenvalue weighted by molar-refractivity contribution is -0.119. The van der Waals surface area contributed by atoms with Crippen LogP contribution in [0.25, 0.3) is 17.5 Å². The maximum Gasteiger partial charge on any atom is 0.248 e. The first kappa shape index (κ1) is 21.0. The second-order valence-electron chi connectivity index (χ2n) is 6.27. The maximum atomic E-state index is 12.2. The number of allylic oxidation sites excluding steroid dienone is 1. The van der Waals surface area contributed by atoms with Crippen LogP contribution in [0.1, 0.15) is 18.9 Å². The van der Waals surface area contributed by atoms with Crippen LogP contribution in [0, 0.1) is 0 Å². The molecular weight excluding hydrogens is 406 g/mol. The van der Waals surface area contributed by atoms with Crippen molar-refractivity contribution in [3.63, 3.8) is 0 Å². The van der Waals surface area contributed by atoms with Gasteiger partial charge < -0.3 is 9.99 Å². The number of aromatic nitrogens is 3. The average molecular weight is 428 g/mol. The van der Waals surface area contributed by atoms with Crippen LogP contribution < -0.4 is 10.9 Å². The average Bonchev–Trinajstić information content (AvgIpc) is 3.10. The minimum Gasteiger partial charge on any atom is -0.305 e. The second-order valence-corrected chi connectivity index (χ2v) is 7.65. The zero-order valence-corrected chi connectivity index (χ0v) is 17.8. The molecule has 0 fully saturated rings. The highest BCUT2D eigenvalue weighted by molar-refractivity contribution is 7.99. The zero-order chi connectivity index (χ0) is 20.6. The molecule has 3 rings (SSSR count). The van der Waals surface area contributed by atoms with Crippen LogP contribution in [0.2, 0.25) is 5.02 Å². The molecule has 0 spiro atoms. The van der Waals surface area contributed by atoms with Crippen molar-refractivity contribution in [2.75, 3.05) is 5.75 Å². The Morgan fingerprint density at radius 3 is 2.66 bits per heavy atom. The predicted molar refractivity (Wildman–Crippen MR) is 118 cm³/mol. The van der Waals surface area contributed by atoms with Gasteiger partial charge in [-0.2, -0.15) is 0 Å². The molecule has 6 nitrogen and oxygen atoms in total. The van der Waals surface area contributed by atoms with Gasteiger partial charge in [-0.3, -0.25) is 10.2 Å². The molecule has 0 saturated heterocycles. The minimum atomic E-state index is -0.144. The monoisotopic (exact) mass is 427 g/mol. The number of thioether (sulfide) groups is 1. The van der Waals surface area contributed by atoms with Gasteiger partial charge in [0.15, 0.2) is 11.0 Å². The van der Waals surface area contributed by atoms with E-state index in [1.807, 2.05) is 79.2 Å². The SMILES string of the molecule is CC/C(=C/c1ccccc1)NNC(=O)CSc1nnc(-c2cccc(Cl)c2)n1C. The number of rotatable bonds is 8. The van der Waals surface area contributed by atoms with E-state index < -0.39 is 0 Å². The molecule has 0 aliphatic carbocycles. The van der Waals surface area contributed by atoms with Crippen LogP contribution in [0.4, 0.5) is 0 Å². The fraction of sp³-hybridized carbons (Fsp3) is 0.190. The van der Waals surface area contributed by atoms with Crippen molar-refractivity contribution in [2.24, 2.45) is 7.05 Å². The molecule has 2 aromatic carbocycles. The quantitative estimate of drug-likeness (QED) is 0.414. The number of carbonyl (C=O) groups excluding carboxylic acids is 1. The molecule has 8 heteroatoms. The third kappa shape index (κ3) is 5.85. The number of hydrogen-bond donors (Lipinski definition) is 2. The predicted octanol–water partition coefficient (Wildman–Crippen LogP) is 4.30. The Morgan fingerprint density at radius 2 is 1.93 bits per heavy atom. The van der Waals surface area contributed by atoms with E-state index in [-0.39, 0.29) is 11.7 Å². The van der Waals surface area contributed by atoms with Crippen molar-refractivity contribution in [1.82, 2.24) is 25.6 Å². The Labute approximate surface area is 179 Å². The molecule has 0 saturated carbocycles. The van der Waals surface area contributed by atoms with Crippen LogP contribution in [-0.4, -0.2) is 26.4 Å². The summed E-state index contributed by atoms with van der Waals surface area (Å²) in [4.78, 5) is 12.2. The van der Waals surface area contributed by atoms with E-state index in [9.17, 15) is 4.79 Å². The fourth-order valence-corrected chi connectivity index (χ4v) is 3.51. The number of hydrazine groups is 1. The van der Waals surface area contributed by atoms with Gasteiger partial charge in [-0.15, -0.1) is 10.2 Å². The zero-order valence-electron chi connectivity index (χ0n) is 16.2. The van der Waals surface area contributed by atoms with Gasteiger partial charge in [0.05, 0.1) is 5.75 Å². The summed E-state index contributed by atoms with van der Waals surface area (Å²) in [6.45, 7) is 2.03. The summed E-state index contributed by atoms with van der Waals surface area (Å²) in [6.07, 6.45) is 2.78. The first-order chi connectivity index (χ1) is 14.1. The standard InChI is InChI=1S/C21H22ClN5OS/c1-3-18(12-15-8-5-4-6-9-15)23-24-19(28)14-29-21-26-25-20(27(21)2)16-10-7-11-17(22)13-16/h4-13,23H,3,14H2,1-2H3,(H,24,28)/b18-12-. The van der Waals surface area contributed by atoms with E-state index in [0.29, 0.717) is 16.0 Å². The molecule has 2 N–H and O–H groups in total. The lowest BCUT2D eigenvalue weighted by Crippen LogP contribution is -2.37. The molecule has 1 amide bonds. The largest absolute Gasteiger partial charge is 0.305 e. The van der Waals surface area contributed by atoms with E-state index in [1.165, 1.54) is 11.8 Å². The summed E-state index contributed by atoms with van der Waals surface area (Å²) in [7, 11) is 1.87. The van der Waals surface area contributed by atoms with Crippen LogP contribution >= 0.6 is 23.4 Å². The topological polar surface area (TPSA) is 71.8 Å². The normalized spacial score (nSPS) is 11.3. The Hall–Kier alpha value is -2.77. The Kier molecular flexibility index (Phi) is 7.32. The fourth-order valence-electron chi connectivity index (χ4n) is 2.61. The number of halogens is 1. The number of amides is 1. The minimum absolute atomic E-state index is 0.144.